The average molecular weight is 439 g/mol. The number of rotatable bonds is 8. The van der Waals surface area contributed by atoms with E-state index in [1.807, 2.05) is 13.8 Å². The van der Waals surface area contributed by atoms with Gasteiger partial charge >= 0.3 is 0 Å². The summed E-state index contributed by atoms with van der Waals surface area (Å²) in [5, 5.41) is 6.45. The van der Waals surface area contributed by atoms with Crippen LogP contribution in [0.15, 0.2) is 34.2 Å². The monoisotopic (exact) mass is 438 g/mol. The fourth-order valence-corrected chi connectivity index (χ4v) is 4.74. The molecule has 8 heteroatoms. The van der Waals surface area contributed by atoms with Crippen LogP contribution in [0.2, 0.25) is 0 Å². The molecule has 0 spiro atoms. The van der Waals surface area contributed by atoms with Crippen LogP contribution in [0.25, 0.3) is 0 Å². The predicted octanol–water partition coefficient (Wildman–Crippen LogP) is 2.67. The van der Waals surface area contributed by atoms with Gasteiger partial charge in [-0.2, -0.15) is 0 Å². The van der Waals surface area contributed by atoms with E-state index < -0.39 is 10.0 Å². The number of sulfonamides is 1. The molecule has 0 bridgehead atoms. The number of aliphatic imine (C=N–C) groups is 1. The van der Waals surface area contributed by atoms with Gasteiger partial charge < -0.3 is 15.4 Å². The number of nitrogens with zero attached hydrogens (tertiary/aromatic N) is 1. The first-order valence-corrected chi connectivity index (χ1v) is 12.3. The number of hydrogen-bond acceptors (Lipinski definition) is 4. The molecule has 0 radical (unpaired) electrons. The molecule has 0 amide bonds. The third-order valence-corrected chi connectivity index (χ3v) is 6.64. The average Bonchev–Trinajstić information content (AvgIpc) is 2.69. The maximum atomic E-state index is 12.4. The van der Waals surface area contributed by atoms with Gasteiger partial charge in [-0.3, -0.25) is 4.99 Å². The highest BCUT2D eigenvalue weighted by molar-refractivity contribution is 7.89. The Hall–Kier alpha value is -1.64. The van der Waals surface area contributed by atoms with Crippen LogP contribution in [0.5, 0.6) is 0 Å². The Morgan fingerprint density at radius 1 is 1.17 bits per heavy atom. The number of nitrogens with one attached hydrogen (secondary N) is 3. The second-order valence-corrected chi connectivity index (χ2v) is 10.7. The van der Waals surface area contributed by atoms with Crippen molar-refractivity contribution in [2.45, 2.75) is 58.5 Å². The smallest absolute Gasteiger partial charge is 0.240 e. The SMILES string of the molecule is CCNC(=NCC1CCCOC1C(C)(C)C)NCCNS(=O)(=O)c1ccc(C)cc1. The van der Waals surface area contributed by atoms with E-state index in [1.165, 1.54) is 0 Å². The van der Waals surface area contributed by atoms with Gasteiger partial charge in [-0.05, 0) is 44.2 Å². The fraction of sp³-hybridized carbons (Fsp3) is 0.682. The molecule has 1 fully saturated rings. The first-order chi connectivity index (χ1) is 14.1. The highest BCUT2D eigenvalue weighted by atomic mass is 32.2. The number of ether oxygens (including phenoxy) is 1. The van der Waals surface area contributed by atoms with Gasteiger partial charge in [0.2, 0.25) is 10.0 Å². The van der Waals surface area contributed by atoms with Crippen LogP contribution in [-0.4, -0.2) is 53.3 Å². The van der Waals surface area contributed by atoms with Crippen molar-refractivity contribution in [2.75, 3.05) is 32.8 Å². The third-order valence-electron chi connectivity index (χ3n) is 5.17. The molecule has 2 unspecified atom stereocenters. The normalized spacial score (nSPS) is 20.8. The van der Waals surface area contributed by atoms with E-state index in [2.05, 4.69) is 36.1 Å². The summed E-state index contributed by atoms with van der Waals surface area (Å²) in [5.74, 6) is 1.08. The molecule has 0 aromatic heterocycles. The molecule has 1 saturated heterocycles. The van der Waals surface area contributed by atoms with E-state index in [0.717, 1.165) is 31.6 Å². The number of guanidine groups is 1. The second kappa shape index (κ2) is 11.1. The predicted molar refractivity (Wildman–Crippen MR) is 122 cm³/mol. The molecule has 30 heavy (non-hydrogen) atoms. The van der Waals surface area contributed by atoms with Crippen molar-refractivity contribution in [3.63, 3.8) is 0 Å². The highest BCUT2D eigenvalue weighted by Gasteiger charge is 2.35. The number of benzene rings is 1. The van der Waals surface area contributed by atoms with Gasteiger partial charge in [0.25, 0.3) is 0 Å². The molecule has 3 N–H and O–H groups in total. The van der Waals surface area contributed by atoms with Gasteiger partial charge in [0.05, 0.1) is 11.0 Å². The van der Waals surface area contributed by atoms with Gasteiger partial charge in [-0.15, -0.1) is 0 Å². The molecule has 1 aromatic rings. The topological polar surface area (TPSA) is 91.8 Å². The Bertz CT molecular complexity index is 786. The summed E-state index contributed by atoms with van der Waals surface area (Å²) in [6, 6.07) is 6.83. The van der Waals surface area contributed by atoms with Crippen molar-refractivity contribution in [2.24, 2.45) is 16.3 Å². The van der Waals surface area contributed by atoms with Gasteiger partial charge in [0.1, 0.15) is 0 Å². The zero-order chi connectivity index (χ0) is 22.2. The molecule has 7 nitrogen and oxygen atoms in total. The molecular weight excluding hydrogens is 400 g/mol. The molecule has 1 aromatic carbocycles. The maximum Gasteiger partial charge on any atom is 0.240 e. The molecular formula is C22H38N4O3S. The number of hydrogen-bond donors (Lipinski definition) is 3. The lowest BCUT2D eigenvalue weighted by molar-refractivity contribution is -0.0823. The Morgan fingerprint density at radius 3 is 2.50 bits per heavy atom. The molecule has 0 saturated carbocycles. The summed E-state index contributed by atoms with van der Waals surface area (Å²) in [6.45, 7) is 13.5. The van der Waals surface area contributed by atoms with Gasteiger partial charge in [0.15, 0.2) is 5.96 Å². The lowest BCUT2D eigenvalue weighted by Crippen LogP contribution is -2.44. The van der Waals surface area contributed by atoms with Crippen LogP contribution in [0, 0.1) is 18.3 Å². The maximum absolute atomic E-state index is 12.4. The molecule has 2 rings (SSSR count). The lowest BCUT2D eigenvalue weighted by atomic mass is 9.78. The van der Waals surface area contributed by atoms with E-state index in [1.54, 1.807) is 24.3 Å². The second-order valence-electron chi connectivity index (χ2n) is 8.92. The molecule has 1 aliphatic rings. The van der Waals surface area contributed by atoms with Crippen molar-refractivity contribution >= 4 is 16.0 Å². The summed E-state index contributed by atoms with van der Waals surface area (Å²) in [6.07, 6.45) is 2.37. The minimum atomic E-state index is -3.51. The highest BCUT2D eigenvalue weighted by Crippen LogP contribution is 2.34. The van der Waals surface area contributed by atoms with E-state index in [0.29, 0.717) is 25.0 Å². The van der Waals surface area contributed by atoms with Crippen LogP contribution in [0.1, 0.15) is 46.1 Å². The quantitative estimate of drug-likeness (QED) is 0.330. The Kier molecular flexibility index (Phi) is 9.12. The summed E-state index contributed by atoms with van der Waals surface area (Å²) in [5.41, 5.74) is 1.11. The zero-order valence-corrected chi connectivity index (χ0v) is 19.8. The zero-order valence-electron chi connectivity index (χ0n) is 19.0. The van der Waals surface area contributed by atoms with Crippen molar-refractivity contribution < 1.29 is 13.2 Å². The first kappa shape index (κ1) is 24.6. The fourth-order valence-electron chi connectivity index (χ4n) is 3.70. The molecule has 2 atom stereocenters. The third kappa shape index (κ3) is 7.56. The molecule has 1 aliphatic heterocycles. The van der Waals surface area contributed by atoms with Crippen LogP contribution < -0.4 is 15.4 Å². The molecule has 0 aliphatic carbocycles. The van der Waals surface area contributed by atoms with Crippen molar-refractivity contribution in [3.05, 3.63) is 29.8 Å². The summed E-state index contributed by atoms with van der Waals surface area (Å²) in [4.78, 5) is 5.02. The first-order valence-electron chi connectivity index (χ1n) is 10.8. The van der Waals surface area contributed by atoms with Gasteiger partial charge in [-0.25, -0.2) is 13.1 Å². The van der Waals surface area contributed by atoms with Crippen LogP contribution >= 0.6 is 0 Å². The Balaban J connectivity index is 1.88. The minimum Gasteiger partial charge on any atom is -0.377 e. The summed E-state index contributed by atoms with van der Waals surface area (Å²) >= 11 is 0. The molecule has 170 valence electrons. The van der Waals surface area contributed by atoms with E-state index in [4.69, 9.17) is 9.73 Å². The van der Waals surface area contributed by atoms with E-state index in [-0.39, 0.29) is 23.0 Å². The Labute approximate surface area is 182 Å². The standard InChI is InChI=1S/C22H38N4O3S/c1-6-23-21(25-16-18-8-7-15-29-20(18)22(3,4)5)24-13-14-26-30(27,28)19-11-9-17(2)10-12-19/h9-12,18,20,26H,6-8,13-16H2,1-5H3,(H2,23,24,25). The largest absolute Gasteiger partial charge is 0.377 e. The molecule has 1 heterocycles. The van der Waals surface area contributed by atoms with Crippen molar-refractivity contribution in [1.82, 2.24) is 15.4 Å². The van der Waals surface area contributed by atoms with E-state index in [9.17, 15) is 8.42 Å². The van der Waals surface area contributed by atoms with E-state index >= 15 is 0 Å². The van der Waals surface area contributed by atoms with Crippen LogP contribution in [0.4, 0.5) is 0 Å². The number of aryl methyl sites for hydroxylation is 1. The van der Waals surface area contributed by atoms with Gasteiger partial charge in [0, 0.05) is 38.7 Å². The van der Waals surface area contributed by atoms with Crippen LogP contribution in [0.3, 0.4) is 0 Å². The minimum absolute atomic E-state index is 0.0840. The lowest BCUT2D eigenvalue weighted by Gasteiger charge is -2.39. The Morgan fingerprint density at radius 2 is 1.87 bits per heavy atom. The summed E-state index contributed by atoms with van der Waals surface area (Å²) in [7, 11) is -3.51. The van der Waals surface area contributed by atoms with Crippen LogP contribution in [-0.2, 0) is 14.8 Å². The van der Waals surface area contributed by atoms with Crippen molar-refractivity contribution in [1.29, 1.82) is 0 Å². The summed E-state index contributed by atoms with van der Waals surface area (Å²) < 4.78 is 33.4. The van der Waals surface area contributed by atoms with Gasteiger partial charge in [-0.1, -0.05) is 38.5 Å². The van der Waals surface area contributed by atoms with Crippen molar-refractivity contribution in [3.8, 4) is 0 Å².